The topological polar surface area (TPSA) is 76.1 Å². The summed E-state index contributed by atoms with van der Waals surface area (Å²) in [6.45, 7) is 2.87. The van der Waals surface area contributed by atoms with Gasteiger partial charge in [0.15, 0.2) is 0 Å². The summed E-state index contributed by atoms with van der Waals surface area (Å²) in [6, 6.07) is 4.16. The summed E-state index contributed by atoms with van der Waals surface area (Å²) in [5.41, 5.74) is -4.25. The van der Waals surface area contributed by atoms with Crippen molar-refractivity contribution in [2.45, 2.75) is 25.6 Å². The lowest BCUT2D eigenvalue weighted by molar-refractivity contribution is -0.267. The Morgan fingerprint density at radius 2 is 1.71 bits per heavy atom. The molecule has 0 saturated heterocycles. The smallest absolute Gasteiger partial charge is 0.432 e. The lowest BCUT2D eigenvalue weighted by atomic mass is 9.93. The summed E-state index contributed by atoms with van der Waals surface area (Å²) in [6.07, 6.45) is -5.96. The number of halogens is 3. The van der Waals surface area contributed by atoms with Gasteiger partial charge in [0.1, 0.15) is 0 Å². The van der Waals surface area contributed by atoms with Gasteiger partial charge >= 0.3 is 18.2 Å². The van der Waals surface area contributed by atoms with Crippen LogP contribution in [0.4, 0.5) is 23.7 Å². The van der Waals surface area contributed by atoms with Crippen LogP contribution in [0.1, 0.15) is 19.4 Å². The van der Waals surface area contributed by atoms with E-state index in [0.717, 1.165) is 12.1 Å². The first-order valence-electron chi connectivity index (χ1n) is 7.05. The van der Waals surface area contributed by atoms with E-state index in [9.17, 15) is 27.9 Å². The summed E-state index contributed by atoms with van der Waals surface area (Å²) in [7, 11) is 1.17. The molecule has 1 aromatic carbocycles. The molecule has 0 saturated carbocycles. The molecule has 0 aliphatic heterocycles. The average molecular weight is 349 g/mol. The Hall–Kier alpha value is -2.29. The zero-order chi connectivity index (χ0) is 18.5. The molecular weight excluding hydrogens is 331 g/mol. The second-order valence-corrected chi connectivity index (χ2v) is 4.69. The Labute approximate surface area is 136 Å². The summed E-state index contributed by atoms with van der Waals surface area (Å²) < 4.78 is 48.6. The van der Waals surface area contributed by atoms with Crippen molar-refractivity contribution in [3.8, 4) is 0 Å². The van der Waals surface area contributed by atoms with E-state index in [2.05, 4.69) is 9.47 Å². The average Bonchev–Trinajstić information content (AvgIpc) is 2.54. The van der Waals surface area contributed by atoms with E-state index in [-0.39, 0.29) is 18.8 Å². The van der Waals surface area contributed by atoms with E-state index in [1.54, 1.807) is 6.92 Å². The Bertz CT molecular complexity index is 588. The highest BCUT2D eigenvalue weighted by atomic mass is 19.4. The fourth-order valence-corrected chi connectivity index (χ4v) is 2.04. The molecule has 1 rings (SSSR count). The molecule has 24 heavy (non-hydrogen) atoms. The molecular formula is C15H18F3NO5. The van der Waals surface area contributed by atoms with Crippen molar-refractivity contribution < 1.29 is 37.3 Å². The largest absolute Gasteiger partial charge is 0.463 e. The third-order valence-electron chi connectivity index (χ3n) is 3.29. The molecule has 1 atom stereocenters. The van der Waals surface area contributed by atoms with Crippen LogP contribution in [0.2, 0.25) is 0 Å². The van der Waals surface area contributed by atoms with Gasteiger partial charge in [0.05, 0.1) is 13.7 Å². The van der Waals surface area contributed by atoms with Gasteiger partial charge < -0.3 is 14.6 Å². The number of carbonyl (C=O) groups is 2. The highest BCUT2D eigenvalue weighted by molar-refractivity contribution is 5.88. The predicted molar refractivity (Wildman–Crippen MR) is 78.5 cm³/mol. The first-order valence-corrected chi connectivity index (χ1v) is 7.05. The monoisotopic (exact) mass is 349 g/mol. The number of methoxy groups -OCH3 is 1. The number of carbonyl (C=O) groups excluding carboxylic acids is 2. The van der Waals surface area contributed by atoms with Gasteiger partial charge in [0.25, 0.3) is 5.60 Å². The second kappa shape index (κ2) is 7.52. The molecule has 0 bridgehead atoms. The van der Waals surface area contributed by atoms with Crippen molar-refractivity contribution in [2.75, 3.05) is 25.2 Å². The van der Waals surface area contributed by atoms with Crippen molar-refractivity contribution in [2.24, 2.45) is 0 Å². The minimum Gasteiger partial charge on any atom is -0.463 e. The van der Waals surface area contributed by atoms with Crippen molar-refractivity contribution in [3.63, 3.8) is 0 Å². The predicted octanol–water partition coefficient (Wildman–Crippen LogP) is 2.59. The van der Waals surface area contributed by atoms with Crippen molar-refractivity contribution in [1.29, 1.82) is 0 Å². The van der Waals surface area contributed by atoms with Crippen LogP contribution in [0.15, 0.2) is 24.3 Å². The molecule has 0 fully saturated rings. The van der Waals surface area contributed by atoms with Crippen molar-refractivity contribution in [1.82, 2.24) is 0 Å². The molecule has 1 amide bonds. The minimum atomic E-state index is -5.27. The first kappa shape index (κ1) is 19.8. The number of alkyl halides is 3. The fourth-order valence-electron chi connectivity index (χ4n) is 2.04. The van der Waals surface area contributed by atoms with Gasteiger partial charge in [-0.25, -0.2) is 9.59 Å². The highest BCUT2D eigenvalue weighted by Crippen LogP contribution is 2.40. The Kier molecular flexibility index (Phi) is 6.19. The quantitative estimate of drug-likeness (QED) is 0.827. The van der Waals surface area contributed by atoms with Crippen LogP contribution in [0.3, 0.4) is 0 Å². The number of anilines is 1. The van der Waals surface area contributed by atoms with Gasteiger partial charge in [-0.1, -0.05) is 12.1 Å². The van der Waals surface area contributed by atoms with Gasteiger partial charge in [-0.05, 0) is 26.0 Å². The van der Waals surface area contributed by atoms with E-state index in [0.29, 0.717) is 0 Å². The number of aliphatic hydroxyl groups is 1. The molecule has 0 heterocycles. The number of benzene rings is 1. The molecule has 6 nitrogen and oxygen atoms in total. The Balaban J connectivity index is 3.29. The molecule has 0 unspecified atom stereocenters. The van der Waals surface area contributed by atoms with E-state index in [4.69, 9.17) is 0 Å². The van der Waals surface area contributed by atoms with Gasteiger partial charge in [-0.3, -0.25) is 4.90 Å². The van der Waals surface area contributed by atoms with E-state index >= 15 is 0 Å². The van der Waals surface area contributed by atoms with Crippen LogP contribution in [-0.2, 0) is 19.9 Å². The fraction of sp³-hybridized carbons (Fsp3) is 0.467. The maximum atomic E-state index is 13.2. The van der Waals surface area contributed by atoms with Gasteiger partial charge in [0.2, 0.25) is 0 Å². The number of nitrogens with zero attached hydrogens (tertiary/aromatic N) is 1. The van der Waals surface area contributed by atoms with E-state index < -0.39 is 29.4 Å². The molecule has 134 valence electrons. The van der Waals surface area contributed by atoms with Crippen LogP contribution in [0.25, 0.3) is 0 Å². The molecule has 1 aromatic rings. The Morgan fingerprint density at radius 3 is 2.08 bits per heavy atom. The van der Waals surface area contributed by atoms with Crippen molar-refractivity contribution in [3.05, 3.63) is 29.8 Å². The van der Waals surface area contributed by atoms with Crippen LogP contribution in [0.5, 0.6) is 0 Å². The highest BCUT2D eigenvalue weighted by Gasteiger charge is 2.62. The van der Waals surface area contributed by atoms with Crippen LogP contribution >= 0.6 is 0 Å². The molecule has 9 heteroatoms. The SMILES string of the molecule is CCOC(=O)[C@](O)(c1ccc(N(CC)C(=O)OC)cc1)C(F)(F)F. The minimum absolute atomic E-state index is 0.216. The number of hydrogen-bond donors (Lipinski definition) is 1. The zero-order valence-corrected chi connectivity index (χ0v) is 13.4. The number of esters is 1. The van der Waals surface area contributed by atoms with Gasteiger partial charge in [-0.15, -0.1) is 0 Å². The number of hydrogen-bond acceptors (Lipinski definition) is 5. The number of rotatable bonds is 5. The van der Waals surface area contributed by atoms with Crippen LogP contribution in [0, 0.1) is 0 Å². The third-order valence-corrected chi connectivity index (χ3v) is 3.29. The first-order chi connectivity index (χ1) is 11.1. The molecule has 0 aliphatic carbocycles. The lowest BCUT2D eigenvalue weighted by Crippen LogP contribution is -2.50. The summed E-state index contributed by atoms with van der Waals surface area (Å²) in [5.74, 6) is -1.81. The van der Waals surface area contributed by atoms with Gasteiger partial charge in [0, 0.05) is 17.8 Å². The standard InChI is InChI=1S/C15H18F3NO5/c1-4-19(13(21)23-3)11-8-6-10(7-9-11)14(22,15(16,17)18)12(20)24-5-2/h6-9,22H,4-5H2,1-3H3/t14-/m1/s1. The molecule has 0 aliphatic rings. The van der Waals surface area contributed by atoms with Crippen LogP contribution < -0.4 is 4.90 Å². The van der Waals surface area contributed by atoms with E-state index in [1.165, 1.54) is 31.1 Å². The van der Waals surface area contributed by atoms with Gasteiger partial charge in [-0.2, -0.15) is 13.2 Å². The maximum Gasteiger partial charge on any atom is 0.432 e. The zero-order valence-electron chi connectivity index (χ0n) is 13.4. The molecule has 1 N–H and O–H groups in total. The third kappa shape index (κ3) is 3.61. The molecule has 0 spiro atoms. The maximum absolute atomic E-state index is 13.2. The van der Waals surface area contributed by atoms with Crippen LogP contribution in [-0.4, -0.2) is 43.6 Å². The van der Waals surface area contributed by atoms with E-state index in [1.807, 2.05) is 0 Å². The summed E-state index contributed by atoms with van der Waals surface area (Å²) in [4.78, 5) is 24.4. The number of amides is 1. The Morgan fingerprint density at radius 1 is 1.17 bits per heavy atom. The summed E-state index contributed by atoms with van der Waals surface area (Å²) >= 11 is 0. The normalized spacial score (nSPS) is 13.8. The molecule has 0 aromatic heterocycles. The second-order valence-electron chi connectivity index (χ2n) is 4.69. The number of ether oxygens (including phenoxy) is 2. The van der Waals surface area contributed by atoms with Crippen molar-refractivity contribution >= 4 is 17.7 Å². The summed E-state index contributed by atoms with van der Waals surface area (Å²) in [5, 5.41) is 9.96. The molecule has 0 radical (unpaired) electrons. The lowest BCUT2D eigenvalue weighted by Gasteiger charge is -2.29.